The van der Waals surface area contributed by atoms with Crippen LogP contribution in [0.4, 0.5) is 30.6 Å². The Morgan fingerprint density at radius 2 is 0.874 bits per heavy atom. The number of nitrogens with zero attached hydrogens (tertiary/aromatic N) is 17. The van der Waals surface area contributed by atoms with Gasteiger partial charge in [-0.05, 0) is 92.3 Å². The van der Waals surface area contributed by atoms with Gasteiger partial charge in [0.2, 0.25) is 0 Å². The van der Waals surface area contributed by atoms with Gasteiger partial charge in [0, 0.05) is 155 Å². The Kier molecular flexibility index (Phi) is 25.2. The quantitative estimate of drug-likeness (QED) is 0.0274. The number of halogens is 3. The minimum Gasteiger partial charge on any atom is -0.477 e. The van der Waals surface area contributed by atoms with E-state index in [1.165, 1.54) is 30.7 Å². The molecule has 0 unspecified atom stereocenters. The molecule has 28 nitrogen and oxygen atoms in total. The summed E-state index contributed by atoms with van der Waals surface area (Å²) in [6.07, 6.45) is 20.1. The summed E-state index contributed by atoms with van der Waals surface area (Å²) < 4.78 is 74.2. The zero-order valence-electron chi connectivity index (χ0n) is 67.0. The van der Waals surface area contributed by atoms with E-state index < -0.39 is 51.7 Å². The fraction of sp³-hybridized carbons (Fsp3) is 0.310. The molecule has 0 bridgehead atoms. The molecule has 119 heavy (non-hydrogen) atoms. The number of hydrogen-bond acceptors (Lipinski definition) is 19. The molecule has 12 heterocycles. The average molecular weight is 1630 g/mol. The maximum Gasteiger partial charge on any atom is 0.341 e. The second-order valence-corrected chi connectivity index (χ2v) is 32.0. The second kappa shape index (κ2) is 36.3. The van der Waals surface area contributed by atoms with Crippen molar-refractivity contribution in [3.8, 4) is 33.8 Å². The number of carboxylic acids is 1. The number of fused-ring (bicyclic) bond motifs is 6. The summed E-state index contributed by atoms with van der Waals surface area (Å²) >= 11 is 0. The molecule has 0 aliphatic heterocycles. The molecular formula is C87H94F3N21O7S. The third-order valence-electron chi connectivity index (χ3n) is 21.1. The number of anilines is 3. The van der Waals surface area contributed by atoms with Crippen LogP contribution < -0.4 is 31.6 Å². The van der Waals surface area contributed by atoms with Crippen molar-refractivity contribution in [3.63, 3.8) is 0 Å². The Morgan fingerprint density at radius 3 is 1.24 bits per heavy atom. The smallest absolute Gasteiger partial charge is 0.341 e. The van der Waals surface area contributed by atoms with Gasteiger partial charge in [-0.2, -0.15) is 28.8 Å². The summed E-state index contributed by atoms with van der Waals surface area (Å²) in [6, 6.07) is 43.7. The molecule has 616 valence electrons. The van der Waals surface area contributed by atoms with E-state index in [9.17, 15) is 41.1 Å². The van der Waals surface area contributed by atoms with Crippen LogP contribution in [0.1, 0.15) is 126 Å². The third kappa shape index (κ3) is 18.0. The van der Waals surface area contributed by atoms with Gasteiger partial charge in [-0.1, -0.05) is 118 Å². The molecule has 12 aromatic heterocycles. The highest BCUT2D eigenvalue weighted by Gasteiger charge is 2.49. The molecule has 2 amide bonds. The molecule has 0 radical (unpaired) electrons. The van der Waals surface area contributed by atoms with Crippen LogP contribution in [0.3, 0.4) is 0 Å². The van der Waals surface area contributed by atoms with Crippen LogP contribution in [0.15, 0.2) is 200 Å². The molecule has 0 saturated heterocycles. The standard InChI is InChI=1S/C29H30FN7O.C26H26N6O2.C22H24FN7O.C10H11FO2S.H3NO/c1-3-4-13-36-18-22(20-11-8-12-31-27(20)36)24-15-26(35(2)17-19-9-6-5-7-10-19)37-28(33-24)21(16-32-37)29(38)34-25-14-23(25)30;1-3-4-13-31-17-21(19-11-8-12-27-24(19)31)22-14-23(30(2)16-18-9-6-5-7-10-18)32-25(29-22)20(15-28-32)26(33)34;1-3-4-8-29-12-15(13-6-5-7-25-20(13)29)17-10-19(24-2)30-21(27-17)14(11-26-30)22(31)28-18-9-16(18)23;1-7-2-4-8(5-3-7)14(12,13)10-6-9(10)11;1-2/h5-12,15-16,18,23,25H,3-4,13-14,17H2,1-2H3,(H,34,38);5-12,14-15,17H,3-4,13,16H2,1-2H3,(H,33,34);5-7,10-12,16,18,24H,3-4,8-9H2,1-2H3,(H,28,31);2-5,9-10H,6H2,1H3;2H,1H2/t23-,25+;;16-,18+;9-,10+;/m0.00./s1. The van der Waals surface area contributed by atoms with Gasteiger partial charge in [-0.3, -0.25) is 9.59 Å². The largest absolute Gasteiger partial charge is 0.477 e. The van der Waals surface area contributed by atoms with Crippen LogP contribution in [0.2, 0.25) is 0 Å². The number of alkyl halides is 3. The maximum atomic E-state index is 13.5. The van der Waals surface area contributed by atoms with Crippen LogP contribution >= 0.6 is 0 Å². The van der Waals surface area contributed by atoms with Gasteiger partial charge < -0.3 is 49.8 Å². The van der Waals surface area contributed by atoms with Crippen LogP contribution in [0.5, 0.6) is 0 Å². The average Bonchev–Trinajstić information content (AvgIpc) is 1.61. The van der Waals surface area contributed by atoms with Crippen molar-refractivity contribution in [2.75, 3.05) is 36.3 Å². The first-order valence-electron chi connectivity index (χ1n) is 39.7. The number of benzene rings is 3. The van der Waals surface area contributed by atoms with Crippen molar-refractivity contribution in [2.24, 2.45) is 5.90 Å². The van der Waals surface area contributed by atoms with Crippen LogP contribution in [-0.4, -0.2) is 166 Å². The van der Waals surface area contributed by atoms with Gasteiger partial charge in [-0.15, -0.1) is 0 Å². The second-order valence-electron chi connectivity index (χ2n) is 29.8. The highest BCUT2D eigenvalue weighted by atomic mass is 32.2. The summed E-state index contributed by atoms with van der Waals surface area (Å²) in [5, 5.41) is 40.3. The highest BCUT2D eigenvalue weighted by Crippen LogP contribution is 2.39. The number of sulfone groups is 1. The molecule has 32 heteroatoms. The number of carboxylic acid groups (broad SMARTS) is 1. The van der Waals surface area contributed by atoms with Gasteiger partial charge in [0.1, 0.15) is 69.6 Å². The minimum atomic E-state index is -3.41. The fourth-order valence-electron chi connectivity index (χ4n) is 14.3. The number of nitrogens with one attached hydrogen (secondary N) is 3. The van der Waals surface area contributed by atoms with E-state index in [-0.39, 0.29) is 28.7 Å². The normalized spacial score (nSPS) is 16.4. The summed E-state index contributed by atoms with van der Waals surface area (Å²) in [5.41, 5.74) is 12.9. The number of amides is 2. The Hall–Kier alpha value is -12.9. The van der Waals surface area contributed by atoms with Crippen LogP contribution in [-0.2, 0) is 42.6 Å². The molecule has 6 atom stereocenters. The van der Waals surface area contributed by atoms with Crippen LogP contribution in [0.25, 0.3) is 83.8 Å². The van der Waals surface area contributed by atoms with Crippen molar-refractivity contribution in [3.05, 3.63) is 229 Å². The van der Waals surface area contributed by atoms with E-state index in [4.69, 9.17) is 20.2 Å². The first-order valence-corrected chi connectivity index (χ1v) is 41.3. The van der Waals surface area contributed by atoms with E-state index >= 15 is 0 Å². The van der Waals surface area contributed by atoms with Gasteiger partial charge >= 0.3 is 5.97 Å². The van der Waals surface area contributed by atoms with Gasteiger partial charge in [0.25, 0.3) is 11.8 Å². The van der Waals surface area contributed by atoms with E-state index in [1.54, 1.807) is 51.3 Å². The molecule has 0 spiro atoms. The fourth-order valence-corrected chi connectivity index (χ4v) is 16.0. The first-order chi connectivity index (χ1) is 57.7. The number of carbonyl (C=O) groups is 3. The number of nitrogens with two attached hydrogens (primary N) is 1. The monoisotopic (exact) mass is 1630 g/mol. The number of hydrogen-bond donors (Lipinski definition) is 6. The predicted molar refractivity (Wildman–Crippen MR) is 453 cm³/mol. The summed E-state index contributed by atoms with van der Waals surface area (Å²) in [4.78, 5) is 70.4. The van der Waals surface area contributed by atoms with E-state index in [2.05, 4.69) is 145 Å². The molecule has 3 saturated carbocycles. The Labute approximate surface area is 684 Å². The zero-order valence-corrected chi connectivity index (χ0v) is 67.8. The summed E-state index contributed by atoms with van der Waals surface area (Å²) in [7, 11) is 2.36. The number of carbonyl (C=O) groups excluding carboxylic acids is 2. The first kappa shape index (κ1) is 82.6. The van der Waals surface area contributed by atoms with E-state index in [0.717, 1.165) is 148 Å². The molecule has 3 fully saturated rings. The number of rotatable bonds is 26. The topological polar surface area (TPSA) is 338 Å². The molecule has 3 aliphatic rings. The molecule has 3 aromatic carbocycles. The Balaban J connectivity index is 0.000000134. The van der Waals surface area contributed by atoms with Crippen LogP contribution in [0, 0.1) is 6.92 Å². The van der Waals surface area contributed by atoms with Crippen molar-refractivity contribution in [1.29, 1.82) is 0 Å². The lowest BCUT2D eigenvalue weighted by Crippen LogP contribution is -2.27. The number of unbranched alkanes of at least 4 members (excludes halogenated alkanes) is 3. The van der Waals surface area contributed by atoms with E-state index in [0.29, 0.717) is 65.5 Å². The number of aryl methyl sites for hydroxylation is 4. The molecule has 3 aliphatic carbocycles. The Bertz CT molecular complexity index is 6250. The van der Waals surface area contributed by atoms with Gasteiger partial charge in [0.15, 0.2) is 26.8 Å². The Morgan fingerprint density at radius 1 is 0.504 bits per heavy atom. The lowest BCUT2D eigenvalue weighted by atomic mass is 10.1. The third-order valence-corrected chi connectivity index (χ3v) is 23.3. The summed E-state index contributed by atoms with van der Waals surface area (Å²) in [6.45, 7) is 12.3. The van der Waals surface area contributed by atoms with Crippen molar-refractivity contribution >= 4 is 95.1 Å². The van der Waals surface area contributed by atoms with Gasteiger partial charge in [0.05, 0.1) is 57.9 Å². The van der Waals surface area contributed by atoms with Gasteiger partial charge in [-0.25, -0.2) is 62.2 Å². The molecular weight excluding hydrogens is 1540 g/mol. The van der Waals surface area contributed by atoms with E-state index in [1.807, 2.05) is 106 Å². The number of aromatic nitrogens is 15. The molecule has 15 aromatic rings. The lowest BCUT2D eigenvalue weighted by molar-refractivity contribution is 0.0698. The highest BCUT2D eigenvalue weighted by molar-refractivity contribution is 7.92. The molecule has 7 N–H and O–H groups in total. The van der Waals surface area contributed by atoms with Crippen molar-refractivity contribution < 1.29 is 46.3 Å². The minimum absolute atomic E-state index is 0.0732. The molecule has 18 rings (SSSR count). The van der Waals surface area contributed by atoms with Crippen molar-refractivity contribution in [2.45, 2.75) is 159 Å². The van der Waals surface area contributed by atoms with Crippen molar-refractivity contribution in [1.82, 2.24) is 83.1 Å². The predicted octanol–water partition coefficient (Wildman–Crippen LogP) is 14.5. The SMILES string of the molecule is CCCCn1cc(-c2cc(N(C)Cc3ccccc3)n3ncc(C(=O)N[C@@H]4C[C@@H]4F)c3n2)c2cccnc21.CCCCn1cc(-c2cc(N(C)Cc3ccccc3)n3ncc(C(=O)O)c3n2)c2cccnc21.CCCCn1cc(-c2cc(NC)n3ncc(C(=O)N[C@@H]4C[C@@H]4F)c3n2)c2cccnc21.Cc1ccc(S(=O)(=O)[C@@H]2C[C@@H]2F)cc1.NO. The number of aromatic carboxylic acids is 1. The lowest BCUT2D eigenvalue weighted by Gasteiger charge is -2.21. The number of pyridine rings is 3. The summed E-state index contributed by atoms with van der Waals surface area (Å²) in [5.74, 6) is 3.98. The maximum absolute atomic E-state index is 13.5. The zero-order chi connectivity index (χ0) is 83.8.